The lowest BCUT2D eigenvalue weighted by atomic mass is 10.1. The number of nitrogens with zero attached hydrogens (tertiary/aromatic N) is 4. The van der Waals surface area contributed by atoms with Gasteiger partial charge in [-0.05, 0) is 12.5 Å². The standard InChI is InChI=1S/C14H19ClN4O3/c1-10-8-11(19(21)22)9-12(15)13(10)17-4-6-18(7-5-17)14(20)16(2)3/h8-9H,4-7H2,1-3H3. The molecular weight excluding hydrogens is 308 g/mol. The number of benzene rings is 1. The fraction of sp³-hybridized carbons (Fsp3) is 0.500. The van der Waals surface area contributed by atoms with Gasteiger partial charge in [0.05, 0.1) is 15.6 Å². The van der Waals surface area contributed by atoms with Gasteiger partial charge in [-0.25, -0.2) is 4.79 Å². The van der Waals surface area contributed by atoms with E-state index in [-0.39, 0.29) is 11.7 Å². The van der Waals surface area contributed by atoms with Crippen molar-refractivity contribution < 1.29 is 9.72 Å². The predicted molar refractivity (Wildman–Crippen MR) is 85.7 cm³/mol. The van der Waals surface area contributed by atoms with Crippen LogP contribution >= 0.6 is 11.6 Å². The summed E-state index contributed by atoms with van der Waals surface area (Å²) in [4.78, 5) is 27.7. The highest BCUT2D eigenvalue weighted by Crippen LogP contribution is 2.34. The number of halogens is 1. The summed E-state index contributed by atoms with van der Waals surface area (Å²) in [6.07, 6.45) is 0. The Morgan fingerprint density at radius 1 is 1.27 bits per heavy atom. The first-order valence-corrected chi connectivity index (χ1v) is 7.34. The molecule has 0 bridgehead atoms. The Bertz CT molecular complexity index is 575. The van der Waals surface area contributed by atoms with Gasteiger partial charge in [0.15, 0.2) is 0 Å². The maximum atomic E-state index is 11.9. The average Bonchev–Trinajstić information content (AvgIpc) is 2.46. The molecule has 0 aromatic heterocycles. The molecule has 0 spiro atoms. The Hall–Kier alpha value is -2.02. The van der Waals surface area contributed by atoms with Gasteiger partial charge in [-0.3, -0.25) is 10.1 Å². The van der Waals surface area contributed by atoms with Gasteiger partial charge in [-0.15, -0.1) is 0 Å². The summed E-state index contributed by atoms with van der Waals surface area (Å²) in [6.45, 7) is 4.31. The molecule has 1 fully saturated rings. The molecule has 0 atom stereocenters. The van der Waals surface area contributed by atoms with Crippen molar-refractivity contribution in [2.24, 2.45) is 0 Å². The van der Waals surface area contributed by atoms with Crippen LogP contribution < -0.4 is 4.90 Å². The zero-order valence-corrected chi connectivity index (χ0v) is 13.6. The van der Waals surface area contributed by atoms with Crippen molar-refractivity contribution in [3.05, 3.63) is 32.8 Å². The van der Waals surface area contributed by atoms with E-state index >= 15 is 0 Å². The molecule has 120 valence electrons. The van der Waals surface area contributed by atoms with Crippen LogP contribution in [0.5, 0.6) is 0 Å². The fourth-order valence-corrected chi connectivity index (χ4v) is 3.01. The van der Waals surface area contributed by atoms with E-state index in [2.05, 4.69) is 4.90 Å². The topological polar surface area (TPSA) is 69.9 Å². The maximum Gasteiger partial charge on any atom is 0.319 e. The number of urea groups is 1. The second-order valence-corrected chi connectivity index (χ2v) is 5.91. The molecule has 0 aliphatic carbocycles. The summed E-state index contributed by atoms with van der Waals surface area (Å²) < 4.78 is 0. The molecule has 1 saturated heterocycles. The Morgan fingerprint density at radius 2 is 1.86 bits per heavy atom. The number of non-ortho nitro benzene ring substituents is 1. The quantitative estimate of drug-likeness (QED) is 0.618. The molecular formula is C14H19ClN4O3. The maximum absolute atomic E-state index is 11.9. The molecule has 1 aliphatic heterocycles. The van der Waals surface area contributed by atoms with Crippen molar-refractivity contribution in [3.63, 3.8) is 0 Å². The second-order valence-electron chi connectivity index (χ2n) is 5.50. The van der Waals surface area contributed by atoms with Crippen LogP contribution in [0.25, 0.3) is 0 Å². The van der Waals surface area contributed by atoms with Crippen LogP contribution in [-0.2, 0) is 0 Å². The molecule has 22 heavy (non-hydrogen) atoms. The number of carbonyl (C=O) groups is 1. The van der Waals surface area contributed by atoms with Crippen LogP contribution in [0.4, 0.5) is 16.2 Å². The summed E-state index contributed by atoms with van der Waals surface area (Å²) in [7, 11) is 3.46. The summed E-state index contributed by atoms with van der Waals surface area (Å²) in [6, 6.07) is 2.89. The molecule has 0 saturated carbocycles. The highest BCUT2D eigenvalue weighted by Gasteiger charge is 2.25. The molecule has 1 aliphatic rings. The summed E-state index contributed by atoms with van der Waals surface area (Å²) >= 11 is 6.23. The van der Waals surface area contributed by atoms with Gasteiger partial charge in [-0.1, -0.05) is 11.6 Å². The smallest absolute Gasteiger partial charge is 0.319 e. The highest BCUT2D eigenvalue weighted by atomic mass is 35.5. The second kappa shape index (κ2) is 6.39. The number of aryl methyl sites for hydroxylation is 1. The molecule has 0 radical (unpaired) electrons. The number of piperazine rings is 1. The number of carbonyl (C=O) groups excluding carboxylic acids is 1. The fourth-order valence-electron chi connectivity index (χ4n) is 2.63. The first-order chi connectivity index (χ1) is 10.3. The Kier molecular flexibility index (Phi) is 4.75. The first kappa shape index (κ1) is 16.4. The molecule has 1 aromatic carbocycles. The number of rotatable bonds is 2. The van der Waals surface area contributed by atoms with Crippen LogP contribution in [0.3, 0.4) is 0 Å². The highest BCUT2D eigenvalue weighted by molar-refractivity contribution is 6.33. The van der Waals surface area contributed by atoms with Crippen LogP contribution in [0.1, 0.15) is 5.56 Å². The van der Waals surface area contributed by atoms with E-state index in [1.807, 2.05) is 6.92 Å². The summed E-state index contributed by atoms with van der Waals surface area (Å²) in [5, 5.41) is 11.2. The molecule has 0 unspecified atom stereocenters. The number of nitro benzene ring substituents is 1. The van der Waals surface area contributed by atoms with E-state index in [1.165, 1.54) is 12.1 Å². The molecule has 2 amide bonds. The van der Waals surface area contributed by atoms with Crippen LogP contribution in [0.15, 0.2) is 12.1 Å². The van der Waals surface area contributed by atoms with E-state index in [1.54, 1.807) is 23.9 Å². The van der Waals surface area contributed by atoms with Gasteiger partial charge in [0.2, 0.25) is 0 Å². The third-order valence-corrected chi connectivity index (χ3v) is 3.99. The van der Waals surface area contributed by atoms with Crippen LogP contribution in [0, 0.1) is 17.0 Å². The van der Waals surface area contributed by atoms with Gasteiger partial charge in [0.1, 0.15) is 0 Å². The minimum Gasteiger partial charge on any atom is -0.367 e. The van der Waals surface area contributed by atoms with Crippen molar-refractivity contribution in [3.8, 4) is 0 Å². The normalized spacial score (nSPS) is 14.9. The minimum absolute atomic E-state index is 0.00679. The van der Waals surface area contributed by atoms with E-state index in [0.29, 0.717) is 31.2 Å². The molecule has 0 N–H and O–H groups in total. The lowest BCUT2D eigenvalue weighted by Gasteiger charge is -2.38. The van der Waals surface area contributed by atoms with E-state index in [4.69, 9.17) is 11.6 Å². The minimum atomic E-state index is -0.448. The van der Waals surface area contributed by atoms with Gasteiger partial charge in [0, 0.05) is 52.4 Å². The van der Waals surface area contributed by atoms with Crippen molar-refractivity contribution in [2.75, 3.05) is 45.2 Å². The SMILES string of the molecule is Cc1cc([N+](=O)[O-])cc(Cl)c1N1CCN(C(=O)N(C)C)CC1. The van der Waals surface area contributed by atoms with Crippen molar-refractivity contribution in [1.29, 1.82) is 0 Å². The van der Waals surface area contributed by atoms with E-state index in [0.717, 1.165) is 11.3 Å². The van der Waals surface area contributed by atoms with Crippen molar-refractivity contribution >= 4 is 29.0 Å². The number of nitro groups is 1. The monoisotopic (exact) mass is 326 g/mol. The Balaban J connectivity index is 2.15. The average molecular weight is 327 g/mol. The van der Waals surface area contributed by atoms with Gasteiger partial charge < -0.3 is 14.7 Å². The number of amides is 2. The number of hydrogen-bond donors (Lipinski definition) is 0. The van der Waals surface area contributed by atoms with E-state index in [9.17, 15) is 14.9 Å². The zero-order valence-electron chi connectivity index (χ0n) is 12.9. The lowest BCUT2D eigenvalue weighted by molar-refractivity contribution is -0.384. The largest absolute Gasteiger partial charge is 0.367 e. The van der Waals surface area contributed by atoms with Gasteiger partial charge in [-0.2, -0.15) is 0 Å². The summed E-state index contributed by atoms with van der Waals surface area (Å²) in [5.74, 6) is 0. The van der Waals surface area contributed by atoms with Gasteiger partial charge >= 0.3 is 6.03 Å². The van der Waals surface area contributed by atoms with Crippen molar-refractivity contribution in [1.82, 2.24) is 9.80 Å². The van der Waals surface area contributed by atoms with Crippen LogP contribution in [-0.4, -0.2) is 61.0 Å². The predicted octanol–water partition coefficient (Wildman–Crippen LogP) is 2.36. The van der Waals surface area contributed by atoms with Crippen LogP contribution in [0.2, 0.25) is 5.02 Å². The number of hydrogen-bond acceptors (Lipinski definition) is 4. The summed E-state index contributed by atoms with van der Waals surface area (Å²) in [5.41, 5.74) is 1.57. The Morgan fingerprint density at radius 3 is 2.32 bits per heavy atom. The Labute approximate surface area is 134 Å². The zero-order chi connectivity index (χ0) is 16.4. The molecule has 1 heterocycles. The molecule has 8 heteroatoms. The first-order valence-electron chi connectivity index (χ1n) is 6.97. The number of anilines is 1. The third kappa shape index (κ3) is 3.24. The van der Waals surface area contributed by atoms with E-state index < -0.39 is 4.92 Å². The third-order valence-electron chi connectivity index (χ3n) is 3.70. The lowest BCUT2D eigenvalue weighted by Crippen LogP contribution is -2.51. The molecule has 1 aromatic rings. The van der Waals surface area contributed by atoms with Gasteiger partial charge in [0.25, 0.3) is 5.69 Å². The molecule has 2 rings (SSSR count). The van der Waals surface area contributed by atoms with Crippen molar-refractivity contribution in [2.45, 2.75) is 6.92 Å². The molecule has 7 nitrogen and oxygen atoms in total.